The highest BCUT2D eigenvalue weighted by Crippen LogP contribution is 2.41. The molecule has 1 amide bonds. The lowest BCUT2D eigenvalue weighted by Gasteiger charge is -2.24. The molecule has 1 fully saturated rings. The first kappa shape index (κ1) is 18.2. The van der Waals surface area contributed by atoms with Gasteiger partial charge in [-0.15, -0.1) is 11.3 Å². The van der Waals surface area contributed by atoms with E-state index in [2.05, 4.69) is 0 Å². The smallest absolute Gasteiger partial charge is 0.295 e. The molecule has 0 radical (unpaired) electrons. The zero-order chi connectivity index (χ0) is 19.7. The molecule has 0 bridgehead atoms. The van der Waals surface area contributed by atoms with Crippen molar-refractivity contribution in [1.29, 1.82) is 0 Å². The van der Waals surface area contributed by atoms with Crippen molar-refractivity contribution in [2.24, 2.45) is 0 Å². The number of carbonyl (C=O) groups excluding carboxylic acids is 2. The van der Waals surface area contributed by atoms with Crippen molar-refractivity contribution < 1.29 is 14.7 Å². The van der Waals surface area contributed by atoms with Crippen LogP contribution in [0.1, 0.15) is 27.6 Å². The molecule has 140 valence electrons. The minimum atomic E-state index is -0.646. The Kier molecular flexibility index (Phi) is 4.84. The third-order valence-electron chi connectivity index (χ3n) is 4.87. The Balaban J connectivity index is 1.83. The Morgan fingerprint density at radius 3 is 2.36 bits per heavy atom. The van der Waals surface area contributed by atoms with E-state index in [1.165, 1.54) is 11.3 Å². The monoisotopic (exact) mass is 389 g/mol. The number of ketones is 1. The molecular weight excluding hydrogens is 370 g/mol. The molecule has 1 N–H and O–H groups in total. The standard InChI is InChI=1S/C23H19NO3S/c1-15-9-11-17(12-10-15)21(25)19-20(18-8-5-13-28-18)24(23(27)22(19)26)14-16-6-3-2-4-7-16/h2-13,20,25H,14H2,1H3/b21-19+. The van der Waals surface area contributed by atoms with Crippen LogP contribution < -0.4 is 0 Å². The maximum atomic E-state index is 12.9. The second-order valence-electron chi connectivity index (χ2n) is 6.79. The van der Waals surface area contributed by atoms with Crippen LogP contribution in [-0.2, 0) is 16.1 Å². The minimum Gasteiger partial charge on any atom is -0.507 e. The van der Waals surface area contributed by atoms with Gasteiger partial charge in [-0.1, -0.05) is 66.2 Å². The summed E-state index contributed by atoms with van der Waals surface area (Å²) in [6, 6.07) is 20.0. The van der Waals surface area contributed by atoms with Crippen LogP contribution in [0.3, 0.4) is 0 Å². The number of hydrogen-bond donors (Lipinski definition) is 1. The first-order chi connectivity index (χ1) is 13.6. The molecule has 1 atom stereocenters. The van der Waals surface area contributed by atoms with Crippen molar-refractivity contribution in [3.63, 3.8) is 0 Å². The second-order valence-corrected chi connectivity index (χ2v) is 7.77. The number of amides is 1. The number of likely N-dealkylation sites (tertiary alicyclic amines) is 1. The van der Waals surface area contributed by atoms with Gasteiger partial charge in [-0.25, -0.2) is 0 Å². The maximum Gasteiger partial charge on any atom is 0.295 e. The molecule has 1 saturated heterocycles. The quantitative estimate of drug-likeness (QED) is 0.400. The van der Waals surface area contributed by atoms with Crippen LogP contribution in [0.4, 0.5) is 0 Å². The van der Waals surface area contributed by atoms with Crippen LogP contribution in [0.2, 0.25) is 0 Å². The van der Waals surface area contributed by atoms with Crippen molar-refractivity contribution in [2.75, 3.05) is 0 Å². The Hall–Kier alpha value is -3.18. The SMILES string of the molecule is Cc1ccc(/C(O)=C2\C(=O)C(=O)N(Cc3ccccc3)C2c2cccs2)cc1. The van der Waals surface area contributed by atoms with E-state index in [1.807, 2.05) is 66.9 Å². The zero-order valence-corrected chi connectivity index (χ0v) is 16.1. The highest BCUT2D eigenvalue weighted by Gasteiger charge is 2.46. The van der Waals surface area contributed by atoms with Gasteiger partial charge < -0.3 is 10.0 Å². The van der Waals surface area contributed by atoms with E-state index in [0.717, 1.165) is 16.0 Å². The van der Waals surface area contributed by atoms with E-state index in [0.29, 0.717) is 12.1 Å². The Morgan fingerprint density at radius 1 is 1.00 bits per heavy atom. The number of Topliss-reactive ketones (excluding diaryl/α,β-unsaturated/α-hetero) is 1. The van der Waals surface area contributed by atoms with Crippen molar-refractivity contribution in [2.45, 2.75) is 19.5 Å². The number of nitrogens with zero attached hydrogens (tertiary/aromatic N) is 1. The number of thiophene rings is 1. The fourth-order valence-corrected chi connectivity index (χ4v) is 4.28. The topological polar surface area (TPSA) is 57.6 Å². The third kappa shape index (κ3) is 3.25. The number of rotatable bonds is 4. The summed E-state index contributed by atoms with van der Waals surface area (Å²) in [6.45, 7) is 2.26. The molecule has 0 aliphatic carbocycles. The Labute approximate surface area is 167 Å². The summed E-state index contributed by atoms with van der Waals surface area (Å²) in [5, 5.41) is 12.8. The van der Waals surface area contributed by atoms with Crippen molar-refractivity contribution in [3.05, 3.63) is 99.3 Å². The zero-order valence-electron chi connectivity index (χ0n) is 15.3. The molecule has 1 aliphatic rings. The van der Waals surface area contributed by atoms with E-state index in [9.17, 15) is 14.7 Å². The summed E-state index contributed by atoms with van der Waals surface area (Å²) < 4.78 is 0. The molecule has 3 aromatic rings. The van der Waals surface area contributed by atoms with Crippen molar-refractivity contribution >= 4 is 28.8 Å². The highest BCUT2D eigenvalue weighted by atomic mass is 32.1. The first-order valence-electron chi connectivity index (χ1n) is 8.99. The lowest BCUT2D eigenvalue weighted by molar-refractivity contribution is -0.140. The lowest BCUT2D eigenvalue weighted by atomic mass is 9.99. The highest BCUT2D eigenvalue weighted by molar-refractivity contribution is 7.10. The molecule has 1 unspecified atom stereocenters. The van der Waals surface area contributed by atoms with Crippen LogP contribution in [0, 0.1) is 6.92 Å². The van der Waals surface area contributed by atoms with E-state index in [1.54, 1.807) is 17.0 Å². The summed E-state index contributed by atoms with van der Waals surface area (Å²) in [6.07, 6.45) is 0. The van der Waals surface area contributed by atoms with E-state index in [-0.39, 0.29) is 11.3 Å². The average Bonchev–Trinajstić information content (AvgIpc) is 3.32. The molecule has 1 aromatic heterocycles. The second kappa shape index (κ2) is 7.44. The predicted octanol–water partition coefficient (Wildman–Crippen LogP) is 4.68. The molecule has 5 heteroatoms. The van der Waals surface area contributed by atoms with Gasteiger partial charge in [0.2, 0.25) is 0 Å². The predicted molar refractivity (Wildman–Crippen MR) is 110 cm³/mol. The summed E-state index contributed by atoms with van der Waals surface area (Å²) in [5.41, 5.74) is 2.66. The van der Waals surface area contributed by atoms with Gasteiger partial charge in [0.15, 0.2) is 0 Å². The normalized spacial score (nSPS) is 18.6. The fraction of sp³-hybridized carbons (Fsp3) is 0.130. The van der Waals surface area contributed by atoms with Crippen molar-refractivity contribution in [3.8, 4) is 0 Å². The van der Waals surface area contributed by atoms with Gasteiger partial charge in [0.1, 0.15) is 5.76 Å². The molecule has 1 aliphatic heterocycles. The van der Waals surface area contributed by atoms with E-state index in [4.69, 9.17) is 0 Å². The van der Waals surface area contributed by atoms with Gasteiger partial charge in [0, 0.05) is 17.0 Å². The maximum absolute atomic E-state index is 12.9. The van der Waals surface area contributed by atoms with Gasteiger partial charge in [0.25, 0.3) is 11.7 Å². The number of aliphatic hydroxyl groups is 1. The molecule has 0 saturated carbocycles. The number of aryl methyl sites for hydroxylation is 1. The van der Waals surface area contributed by atoms with Crippen LogP contribution in [-0.4, -0.2) is 21.7 Å². The molecule has 4 rings (SSSR count). The third-order valence-corrected chi connectivity index (χ3v) is 5.80. The minimum absolute atomic E-state index is 0.132. The van der Waals surface area contributed by atoms with Crippen molar-refractivity contribution in [1.82, 2.24) is 4.90 Å². The lowest BCUT2D eigenvalue weighted by Crippen LogP contribution is -2.28. The van der Waals surface area contributed by atoms with E-state index >= 15 is 0 Å². The fourth-order valence-electron chi connectivity index (χ4n) is 3.43. The van der Waals surface area contributed by atoms with Crippen LogP contribution in [0.25, 0.3) is 5.76 Å². The van der Waals surface area contributed by atoms with Gasteiger partial charge >= 0.3 is 0 Å². The average molecular weight is 389 g/mol. The molecule has 4 nitrogen and oxygen atoms in total. The number of benzene rings is 2. The first-order valence-corrected chi connectivity index (χ1v) is 9.87. The summed E-state index contributed by atoms with van der Waals surface area (Å²) >= 11 is 1.47. The van der Waals surface area contributed by atoms with Gasteiger partial charge in [-0.05, 0) is 23.9 Å². The van der Waals surface area contributed by atoms with Crippen LogP contribution in [0.15, 0.2) is 77.7 Å². The Morgan fingerprint density at radius 2 is 1.71 bits per heavy atom. The molecule has 2 heterocycles. The summed E-state index contributed by atoms with van der Waals surface area (Å²) in [5.74, 6) is -1.37. The molecule has 2 aromatic carbocycles. The molecular formula is C23H19NO3S. The van der Waals surface area contributed by atoms with Gasteiger partial charge in [0.05, 0.1) is 11.6 Å². The van der Waals surface area contributed by atoms with Gasteiger partial charge in [-0.3, -0.25) is 9.59 Å². The summed E-state index contributed by atoms with van der Waals surface area (Å²) in [4.78, 5) is 28.1. The summed E-state index contributed by atoms with van der Waals surface area (Å²) in [7, 11) is 0. The van der Waals surface area contributed by atoms with Crippen LogP contribution in [0.5, 0.6) is 0 Å². The Bertz CT molecular complexity index is 1040. The molecule has 0 spiro atoms. The number of aliphatic hydroxyl groups excluding tert-OH is 1. The number of carbonyl (C=O) groups is 2. The largest absolute Gasteiger partial charge is 0.507 e. The van der Waals surface area contributed by atoms with Gasteiger partial charge in [-0.2, -0.15) is 0 Å². The number of hydrogen-bond acceptors (Lipinski definition) is 4. The van der Waals surface area contributed by atoms with E-state index < -0.39 is 17.7 Å². The molecule has 28 heavy (non-hydrogen) atoms. The van der Waals surface area contributed by atoms with Crippen LogP contribution >= 0.6 is 11.3 Å².